The Morgan fingerprint density at radius 2 is 1.71 bits per heavy atom. The number of benzene rings is 2. The van der Waals surface area contributed by atoms with Crippen molar-refractivity contribution in [1.82, 2.24) is 0 Å². The van der Waals surface area contributed by atoms with E-state index in [1.807, 2.05) is 30.3 Å². The van der Waals surface area contributed by atoms with Crippen LogP contribution >= 0.6 is 39.1 Å². The summed E-state index contributed by atoms with van der Waals surface area (Å²) in [5.74, 6) is 1.31. The number of hydrogen-bond donors (Lipinski definition) is 0. The summed E-state index contributed by atoms with van der Waals surface area (Å²) >= 11 is 16.1. The summed E-state index contributed by atoms with van der Waals surface area (Å²) in [4.78, 5) is 0. The zero-order valence-electron chi connectivity index (χ0n) is 11.8. The highest BCUT2D eigenvalue weighted by Gasteiger charge is 2.14. The van der Waals surface area contributed by atoms with Gasteiger partial charge in [0.25, 0.3) is 0 Å². The van der Waals surface area contributed by atoms with Gasteiger partial charge < -0.3 is 4.74 Å². The van der Waals surface area contributed by atoms with Crippen molar-refractivity contribution in [3.63, 3.8) is 0 Å². The maximum Gasteiger partial charge on any atom is 0.119 e. The van der Waals surface area contributed by atoms with Crippen LogP contribution in [-0.4, -0.2) is 12.4 Å². The SMILES string of the molecule is COc1cccc(CC(CBr)Cc2c(Cl)cccc2Cl)c1. The molecular formula is C17H17BrCl2O. The molecule has 0 aliphatic rings. The molecule has 0 saturated heterocycles. The number of halogens is 3. The lowest BCUT2D eigenvalue weighted by molar-refractivity contribution is 0.414. The Bertz CT molecular complexity index is 581. The summed E-state index contributed by atoms with van der Waals surface area (Å²) < 4.78 is 5.27. The second-order valence-corrected chi connectivity index (χ2v) is 6.44. The summed E-state index contributed by atoms with van der Waals surface area (Å²) in [5, 5.41) is 2.37. The van der Waals surface area contributed by atoms with E-state index >= 15 is 0 Å². The van der Waals surface area contributed by atoms with Crippen molar-refractivity contribution in [1.29, 1.82) is 0 Å². The first kappa shape index (κ1) is 16.7. The molecule has 0 radical (unpaired) electrons. The molecule has 112 valence electrons. The van der Waals surface area contributed by atoms with Crippen LogP contribution < -0.4 is 4.74 Å². The van der Waals surface area contributed by atoms with E-state index in [1.165, 1.54) is 5.56 Å². The van der Waals surface area contributed by atoms with Crippen molar-refractivity contribution in [3.8, 4) is 5.75 Å². The Morgan fingerprint density at radius 1 is 1.05 bits per heavy atom. The minimum atomic E-state index is 0.425. The Labute approximate surface area is 144 Å². The van der Waals surface area contributed by atoms with Gasteiger partial charge in [-0.2, -0.15) is 0 Å². The molecule has 0 aliphatic heterocycles. The van der Waals surface area contributed by atoms with E-state index in [0.29, 0.717) is 5.92 Å². The third kappa shape index (κ3) is 4.64. The molecule has 21 heavy (non-hydrogen) atoms. The van der Waals surface area contributed by atoms with Crippen LogP contribution in [0.3, 0.4) is 0 Å². The monoisotopic (exact) mass is 386 g/mol. The fourth-order valence-corrected chi connectivity index (χ4v) is 3.34. The van der Waals surface area contributed by atoms with Gasteiger partial charge in [0.2, 0.25) is 0 Å². The maximum atomic E-state index is 6.26. The molecule has 0 heterocycles. The average Bonchev–Trinajstić information content (AvgIpc) is 2.50. The highest BCUT2D eigenvalue weighted by atomic mass is 79.9. The molecule has 2 aromatic carbocycles. The summed E-state index contributed by atoms with van der Waals surface area (Å²) in [5.41, 5.74) is 2.27. The zero-order chi connectivity index (χ0) is 15.2. The van der Waals surface area contributed by atoms with E-state index in [0.717, 1.165) is 39.5 Å². The Morgan fingerprint density at radius 3 is 2.33 bits per heavy atom. The predicted molar refractivity (Wildman–Crippen MR) is 94.1 cm³/mol. The van der Waals surface area contributed by atoms with Crippen LogP contribution in [0.4, 0.5) is 0 Å². The van der Waals surface area contributed by atoms with Gasteiger partial charge >= 0.3 is 0 Å². The summed E-state index contributed by atoms with van der Waals surface area (Å²) in [6.45, 7) is 0. The molecule has 0 aromatic heterocycles. The van der Waals surface area contributed by atoms with Crippen molar-refractivity contribution < 1.29 is 4.74 Å². The van der Waals surface area contributed by atoms with E-state index in [2.05, 4.69) is 28.1 Å². The van der Waals surface area contributed by atoms with Gasteiger partial charge in [0, 0.05) is 15.4 Å². The van der Waals surface area contributed by atoms with Crippen LogP contribution in [0.5, 0.6) is 5.75 Å². The van der Waals surface area contributed by atoms with Gasteiger partial charge in [-0.05, 0) is 54.2 Å². The molecule has 0 N–H and O–H groups in total. The second kappa shape index (κ2) is 8.07. The van der Waals surface area contributed by atoms with Gasteiger partial charge in [-0.3, -0.25) is 0 Å². The van der Waals surface area contributed by atoms with Crippen molar-refractivity contribution in [2.45, 2.75) is 12.8 Å². The summed E-state index contributed by atoms with van der Waals surface area (Å²) in [6.07, 6.45) is 1.80. The van der Waals surface area contributed by atoms with E-state index in [9.17, 15) is 0 Å². The molecule has 1 nitrogen and oxygen atoms in total. The lowest BCUT2D eigenvalue weighted by atomic mass is 9.94. The van der Waals surface area contributed by atoms with E-state index < -0.39 is 0 Å². The maximum absolute atomic E-state index is 6.26. The van der Waals surface area contributed by atoms with E-state index in [4.69, 9.17) is 27.9 Å². The molecule has 0 fully saturated rings. The van der Waals surface area contributed by atoms with Crippen LogP contribution in [0.25, 0.3) is 0 Å². The van der Waals surface area contributed by atoms with Gasteiger partial charge in [0.05, 0.1) is 7.11 Å². The Balaban J connectivity index is 2.13. The molecule has 0 spiro atoms. The zero-order valence-corrected chi connectivity index (χ0v) is 14.9. The smallest absolute Gasteiger partial charge is 0.119 e. The van der Waals surface area contributed by atoms with Crippen LogP contribution in [0.2, 0.25) is 10.0 Å². The van der Waals surface area contributed by atoms with Gasteiger partial charge in [-0.25, -0.2) is 0 Å². The lowest BCUT2D eigenvalue weighted by Gasteiger charge is -2.16. The van der Waals surface area contributed by atoms with Gasteiger partial charge in [0.15, 0.2) is 0 Å². The third-order valence-corrected chi connectivity index (χ3v) is 5.06. The van der Waals surface area contributed by atoms with Crippen LogP contribution in [-0.2, 0) is 12.8 Å². The molecule has 1 unspecified atom stereocenters. The fourth-order valence-electron chi connectivity index (χ4n) is 2.33. The van der Waals surface area contributed by atoms with E-state index in [-0.39, 0.29) is 0 Å². The van der Waals surface area contributed by atoms with Gasteiger partial charge in [0.1, 0.15) is 5.75 Å². The molecule has 1 atom stereocenters. The topological polar surface area (TPSA) is 9.23 Å². The number of rotatable bonds is 6. The van der Waals surface area contributed by atoms with Crippen LogP contribution in [0.15, 0.2) is 42.5 Å². The Kier molecular flexibility index (Phi) is 6.40. The number of hydrogen-bond acceptors (Lipinski definition) is 1. The van der Waals surface area contributed by atoms with Crippen molar-refractivity contribution in [2.24, 2.45) is 5.92 Å². The van der Waals surface area contributed by atoms with Gasteiger partial charge in [-0.1, -0.05) is 57.3 Å². The molecule has 2 rings (SSSR count). The van der Waals surface area contributed by atoms with Crippen molar-refractivity contribution in [3.05, 3.63) is 63.6 Å². The molecular weight excluding hydrogens is 371 g/mol. The summed E-state index contributed by atoms with van der Waals surface area (Å²) in [6, 6.07) is 13.8. The number of ether oxygens (including phenoxy) is 1. The molecule has 0 amide bonds. The highest BCUT2D eigenvalue weighted by Crippen LogP contribution is 2.29. The Hall–Kier alpha value is -0.700. The number of methoxy groups -OCH3 is 1. The molecule has 0 saturated carbocycles. The van der Waals surface area contributed by atoms with E-state index in [1.54, 1.807) is 7.11 Å². The largest absolute Gasteiger partial charge is 0.497 e. The first-order valence-corrected chi connectivity index (χ1v) is 8.63. The first-order chi connectivity index (χ1) is 10.1. The predicted octanol–water partition coefficient (Wildman–Crippen LogP) is 5.80. The minimum absolute atomic E-state index is 0.425. The second-order valence-electron chi connectivity index (χ2n) is 4.98. The quantitative estimate of drug-likeness (QED) is 0.569. The molecule has 2 aromatic rings. The summed E-state index contributed by atoms with van der Waals surface area (Å²) in [7, 11) is 1.69. The number of alkyl halides is 1. The van der Waals surface area contributed by atoms with Crippen molar-refractivity contribution in [2.75, 3.05) is 12.4 Å². The standard InChI is InChI=1S/C17H17BrCl2O/c1-21-14-5-2-4-12(9-14)8-13(11-18)10-15-16(19)6-3-7-17(15)20/h2-7,9,13H,8,10-11H2,1H3. The average molecular weight is 388 g/mol. The first-order valence-electron chi connectivity index (χ1n) is 6.75. The lowest BCUT2D eigenvalue weighted by Crippen LogP contribution is -2.10. The molecule has 0 bridgehead atoms. The molecule has 0 aliphatic carbocycles. The fraction of sp³-hybridized carbons (Fsp3) is 0.294. The van der Waals surface area contributed by atoms with Crippen LogP contribution in [0.1, 0.15) is 11.1 Å². The highest BCUT2D eigenvalue weighted by molar-refractivity contribution is 9.09. The van der Waals surface area contributed by atoms with Crippen LogP contribution in [0, 0.1) is 5.92 Å². The third-order valence-electron chi connectivity index (χ3n) is 3.43. The van der Waals surface area contributed by atoms with Gasteiger partial charge in [-0.15, -0.1) is 0 Å². The normalized spacial score (nSPS) is 12.2. The molecule has 4 heteroatoms. The van der Waals surface area contributed by atoms with Crippen molar-refractivity contribution >= 4 is 39.1 Å². The minimum Gasteiger partial charge on any atom is -0.497 e.